The van der Waals surface area contributed by atoms with Crippen LogP contribution in [0.15, 0.2) is 53.5 Å². The van der Waals surface area contributed by atoms with Crippen molar-refractivity contribution >= 4 is 11.6 Å². The van der Waals surface area contributed by atoms with Crippen molar-refractivity contribution in [3.8, 4) is 35.0 Å². The molecule has 5 nitrogen and oxygen atoms in total. The maximum atomic E-state index is 14.1. The number of nitrogens with zero attached hydrogens (tertiary/aromatic N) is 1. The van der Waals surface area contributed by atoms with Gasteiger partial charge >= 0.3 is 0 Å². The van der Waals surface area contributed by atoms with Gasteiger partial charge in [0, 0.05) is 41.7 Å². The molecule has 1 aromatic heterocycles. The van der Waals surface area contributed by atoms with Crippen LogP contribution in [0.25, 0.3) is 11.1 Å². The van der Waals surface area contributed by atoms with E-state index >= 15 is 0 Å². The van der Waals surface area contributed by atoms with Gasteiger partial charge < -0.3 is 14.6 Å². The van der Waals surface area contributed by atoms with Crippen LogP contribution in [-0.2, 0) is 18.3 Å². The van der Waals surface area contributed by atoms with Gasteiger partial charge in [-0.1, -0.05) is 6.92 Å². The summed E-state index contributed by atoms with van der Waals surface area (Å²) in [5.74, 6) is -0.171. The molecule has 0 aliphatic rings. The molecule has 3 aromatic rings. The first-order valence-electron chi connectivity index (χ1n) is 9.06. The van der Waals surface area contributed by atoms with Gasteiger partial charge in [0.15, 0.2) is 11.6 Å². The molecule has 0 radical (unpaired) electrons. The van der Waals surface area contributed by atoms with Crippen molar-refractivity contribution in [1.82, 2.24) is 4.57 Å². The fourth-order valence-corrected chi connectivity index (χ4v) is 2.95. The number of carbonyl (C=O) groups excluding carboxylic acids is 1. The zero-order valence-corrected chi connectivity index (χ0v) is 16.3. The van der Waals surface area contributed by atoms with Crippen LogP contribution in [-0.4, -0.2) is 10.5 Å². The van der Waals surface area contributed by atoms with E-state index in [2.05, 4.69) is 5.32 Å². The van der Waals surface area contributed by atoms with Gasteiger partial charge in [0.2, 0.25) is 0 Å². The molecule has 3 rings (SSSR count). The standard InChI is InChI=1S/C23H18F2N2O3/c1-4-14-10-15(13-27(3)23(14)29)18-12-17(26-22(28)5-2)7-9-20(18)30-21-8-6-16(24)11-19(21)25/h2,6-13H,4H2,1,3H3,(H,26,28). The third kappa shape index (κ3) is 4.39. The Kier molecular flexibility index (Phi) is 5.98. The van der Waals surface area contributed by atoms with E-state index in [0.717, 1.165) is 12.1 Å². The summed E-state index contributed by atoms with van der Waals surface area (Å²) in [7, 11) is 1.62. The van der Waals surface area contributed by atoms with Gasteiger partial charge in [-0.3, -0.25) is 9.59 Å². The molecule has 0 unspecified atom stereocenters. The number of aromatic nitrogens is 1. The van der Waals surface area contributed by atoms with E-state index in [-0.39, 0.29) is 17.1 Å². The normalized spacial score (nSPS) is 10.4. The van der Waals surface area contributed by atoms with E-state index in [4.69, 9.17) is 11.2 Å². The minimum absolute atomic E-state index is 0.134. The van der Waals surface area contributed by atoms with Crippen molar-refractivity contribution in [3.05, 3.63) is 76.2 Å². The molecule has 0 atom stereocenters. The van der Waals surface area contributed by atoms with Crippen molar-refractivity contribution in [2.45, 2.75) is 13.3 Å². The molecular weight excluding hydrogens is 390 g/mol. The zero-order valence-electron chi connectivity index (χ0n) is 16.3. The number of carbonyl (C=O) groups is 1. The Hall–Kier alpha value is -3.92. The van der Waals surface area contributed by atoms with Gasteiger partial charge in [-0.2, -0.15) is 0 Å². The zero-order chi connectivity index (χ0) is 21.8. The second-order valence-electron chi connectivity index (χ2n) is 6.51. The Morgan fingerprint density at radius 2 is 1.90 bits per heavy atom. The summed E-state index contributed by atoms with van der Waals surface area (Å²) in [6, 6.07) is 9.36. The van der Waals surface area contributed by atoms with Gasteiger partial charge in [0.1, 0.15) is 11.6 Å². The number of rotatable bonds is 5. The Labute approximate surface area is 171 Å². The number of aryl methyl sites for hydroxylation is 2. The van der Waals surface area contributed by atoms with Crippen molar-refractivity contribution < 1.29 is 18.3 Å². The highest BCUT2D eigenvalue weighted by molar-refractivity contribution is 6.03. The lowest BCUT2D eigenvalue weighted by atomic mass is 10.0. The Morgan fingerprint density at radius 3 is 2.57 bits per heavy atom. The van der Waals surface area contributed by atoms with Gasteiger partial charge in [-0.05, 0) is 48.7 Å². The number of ether oxygens (including phenoxy) is 1. The lowest BCUT2D eigenvalue weighted by Crippen LogP contribution is -2.20. The molecule has 7 heteroatoms. The molecule has 0 saturated heterocycles. The number of benzene rings is 2. The molecule has 152 valence electrons. The van der Waals surface area contributed by atoms with Crippen LogP contribution in [0.3, 0.4) is 0 Å². The Bertz CT molecular complexity index is 1230. The predicted molar refractivity (Wildman–Crippen MR) is 110 cm³/mol. The smallest absolute Gasteiger partial charge is 0.300 e. The average molecular weight is 408 g/mol. The third-order valence-electron chi connectivity index (χ3n) is 4.43. The second-order valence-corrected chi connectivity index (χ2v) is 6.51. The molecule has 1 amide bonds. The quantitative estimate of drug-likeness (QED) is 0.642. The van der Waals surface area contributed by atoms with Gasteiger partial charge in [-0.25, -0.2) is 8.78 Å². The summed E-state index contributed by atoms with van der Waals surface area (Å²) >= 11 is 0. The fraction of sp³-hybridized carbons (Fsp3) is 0.130. The fourth-order valence-electron chi connectivity index (χ4n) is 2.95. The van der Waals surface area contributed by atoms with E-state index in [9.17, 15) is 18.4 Å². The summed E-state index contributed by atoms with van der Waals surface area (Å²) in [5.41, 5.74) is 1.94. The number of amides is 1. The highest BCUT2D eigenvalue weighted by Crippen LogP contribution is 2.36. The summed E-state index contributed by atoms with van der Waals surface area (Å²) in [6.07, 6.45) is 7.23. The highest BCUT2D eigenvalue weighted by Gasteiger charge is 2.15. The second kappa shape index (κ2) is 8.62. The minimum atomic E-state index is -0.861. The number of hydrogen-bond acceptors (Lipinski definition) is 3. The molecule has 0 bridgehead atoms. The van der Waals surface area contributed by atoms with Crippen LogP contribution in [0.4, 0.5) is 14.5 Å². The van der Waals surface area contributed by atoms with E-state index in [1.54, 1.807) is 25.4 Å². The number of anilines is 1. The van der Waals surface area contributed by atoms with E-state index in [1.165, 1.54) is 22.8 Å². The molecule has 1 N–H and O–H groups in total. The van der Waals surface area contributed by atoms with E-state index < -0.39 is 17.5 Å². The molecule has 0 aliphatic carbocycles. The molecule has 0 aliphatic heterocycles. The van der Waals surface area contributed by atoms with Crippen molar-refractivity contribution in [3.63, 3.8) is 0 Å². The maximum Gasteiger partial charge on any atom is 0.300 e. The topological polar surface area (TPSA) is 60.3 Å². The molecule has 0 fully saturated rings. The highest BCUT2D eigenvalue weighted by atomic mass is 19.1. The van der Waals surface area contributed by atoms with Crippen molar-refractivity contribution in [1.29, 1.82) is 0 Å². The van der Waals surface area contributed by atoms with Crippen LogP contribution in [0.5, 0.6) is 11.5 Å². The van der Waals surface area contributed by atoms with E-state index in [0.29, 0.717) is 28.8 Å². The molecule has 0 saturated carbocycles. The van der Waals surface area contributed by atoms with Gasteiger partial charge in [0.05, 0.1) is 0 Å². The number of hydrogen-bond donors (Lipinski definition) is 1. The monoisotopic (exact) mass is 408 g/mol. The number of halogens is 2. The summed E-state index contributed by atoms with van der Waals surface area (Å²) in [6.45, 7) is 1.86. The Balaban J connectivity index is 2.15. The summed E-state index contributed by atoms with van der Waals surface area (Å²) in [5, 5.41) is 2.54. The number of nitrogens with one attached hydrogen (secondary N) is 1. The summed E-state index contributed by atoms with van der Waals surface area (Å²) < 4.78 is 34.5. The SMILES string of the molecule is C#CC(=O)Nc1ccc(Oc2ccc(F)cc2F)c(-c2cc(CC)c(=O)n(C)c2)c1. The molecule has 30 heavy (non-hydrogen) atoms. The van der Waals surface area contributed by atoms with E-state index in [1.807, 2.05) is 12.8 Å². The number of pyridine rings is 1. The van der Waals surface area contributed by atoms with Crippen LogP contribution in [0.1, 0.15) is 12.5 Å². The van der Waals surface area contributed by atoms with Crippen molar-refractivity contribution in [2.24, 2.45) is 7.05 Å². The number of terminal acetylenes is 1. The molecule has 0 spiro atoms. The predicted octanol–water partition coefficient (Wildman–Crippen LogP) is 4.26. The Morgan fingerprint density at radius 1 is 1.17 bits per heavy atom. The van der Waals surface area contributed by atoms with Gasteiger partial charge in [0.25, 0.3) is 11.5 Å². The lowest BCUT2D eigenvalue weighted by molar-refractivity contribution is -0.111. The third-order valence-corrected chi connectivity index (χ3v) is 4.43. The van der Waals surface area contributed by atoms with Crippen LogP contribution >= 0.6 is 0 Å². The van der Waals surface area contributed by atoms with Gasteiger partial charge in [-0.15, -0.1) is 6.42 Å². The first-order valence-corrected chi connectivity index (χ1v) is 9.06. The molecule has 1 heterocycles. The minimum Gasteiger partial charge on any atom is -0.454 e. The largest absolute Gasteiger partial charge is 0.454 e. The average Bonchev–Trinajstić information content (AvgIpc) is 2.72. The maximum absolute atomic E-state index is 14.1. The molecule has 2 aromatic carbocycles. The van der Waals surface area contributed by atoms with Crippen LogP contribution in [0, 0.1) is 24.0 Å². The van der Waals surface area contributed by atoms with Crippen molar-refractivity contribution in [2.75, 3.05) is 5.32 Å². The first kappa shape index (κ1) is 20.8. The van der Waals surface area contributed by atoms with Crippen LogP contribution in [0.2, 0.25) is 0 Å². The lowest BCUT2D eigenvalue weighted by Gasteiger charge is -2.15. The molecular formula is C23H18F2N2O3. The van der Waals surface area contributed by atoms with Crippen LogP contribution < -0.4 is 15.6 Å². The first-order chi connectivity index (χ1) is 14.3. The summed E-state index contributed by atoms with van der Waals surface area (Å²) in [4.78, 5) is 23.8.